The number of aryl methyl sites for hydroxylation is 2. The topological polar surface area (TPSA) is 17.8 Å². The molecule has 0 aliphatic rings. The summed E-state index contributed by atoms with van der Waals surface area (Å²) in [6, 6.07) is 13.8. The minimum atomic E-state index is 0. The van der Waals surface area contributed by atoms with E-state index in [-0.39, 0.29) is 20.1 Å². The Kier molecular flexibility index (Phi) is 4.35. The zero-order chi connectivity index (χ0) is 12.5. The molecule has 0 bridgehead atoms. The standard InChI is InChI=1S/C15H13N2S.Ir/c1-11-8-13(14-9-17(2)10-16-14)15(18-11)12-6-4-3-5-7-12;/h3-7,9-10H,1-2H3;/q-1;. The first-order valence-corrected chi connectivity index (χ1v) is 6.62. The van der Waals surface area contributed by atoms with E-state index in [4.69, 9.17) is 0 Å². The van der Waals surface area contributed by atoms with Gasteiger partial charge in [-0.05, 0) is 18.8 Å². The second-order valence-electron chi connectivity index (χ2n) is 4.28. The average Bonchev–Trinajstić information content (AvgIpc) is 2.96. The maximum atomic E-state index is 4.42. The first-order chi connectivity index (χ1) is 8.74. The van der Waals surface area contributed by atoms with Gasteiger partial charge in [-0.2, -0.15) is 6.07 Å². The van der Waals surface area contributed by atoms with Gasteiger partial charge in [-0.25, -0.2) is 11.3 Å². The minimum Gasteiger partial charge on any atom is -0.353 e. The summed E-state index contributed by atoms with van der Waals surface area (Å²) in [5, 5.41) is 0. The van der Waals surface area contributed by atoms with Gasteiger partial charge in [-0.1, -0.05) is 45.6 Å². The molecule has 1 radical (unpaired) electrons. The van der Waals surface area contributed by atoms with E-state index >= 15 is 0 Å². The SMILES string of the molecule is Cc1[c-]c(-c2cn(C)cn2)c(-c2ccccc2)s1.[Ir]. The quantitative estimate of drug-likeness (QED) is 0.547. The third-order valence-electron chi connectivity index (χ3n) is 2.78. The molecule has 0 fully saturated rings. The number of thiophene rings is 1. The maximum Gasteiger partial charge on any atom is 0.0800 e. The number of nitrogens with zero attached hydrogens (tertiary/aromatic N) is 2. The molecule has 99 valence electrons. The van der Waals surface area contributed by atoms with Gasteiger partial charge in [0.05, 0.1) is 6.33 Å². The van der Waals surface area contributed by atoms with Gasteiger partial charge in [0, 0.05) is 27.2 Å². The fourth-order valence-electron chi connectivity index (χ4n) is 1.98. The van der Waals surface area contributed by atoms with E-state index < -0.39 is 0 Å². The third kappa shape index (κ3) is 2.86. The molecular weight excluding hydrogens is 432 g/mol. The number of rotatable bonds is 2. The van der Waals surface area contributed by atoms with E-state index in [1.165, 1.54) is 15.3 Å². The van der Waals surface area contributed by atoms with E-state index in [0.717, 1.165) is 11.3 Å². The molecule has 3 aromatic rings. The Morgan fingerprint density at radius 3 is 2.58 bits per heavy atom. The van der Waals surface area contributed by atoms with Crippen molar-refractivity contribution in [1.82, 2.24) is 9.55 Å². The largest absolute Gasteiger partial charge is 0.353 e. The molecule has 0 unspecified atom stereocenters. The molecule has 2 nitrogen and oxygen atoms in total. The maximum absolute atomic E-state index is 4.42. The van der Waals surface area contributed by atoms with Crippen molar-refractivity contribution >= 4 is 11.3 Å². The Bertz CT molecular complexity index is 671. The molecule has 2 aromatic heterocycles. The van der Waals surface area contributed by atoms with Gasteiger partial charge >= 0.3 is 0 Å². The average molecular weight is 446 g/mol. The zero-order valence-electron chi connectivity index (χ0n) is 10.7. The van der Waals surface area contributed by atoms with Gasteiger partial charge in [0.2, 0.25) is 0 Å². The van der Waals surface area contributed by atoms with Crippen molar-refractivity contribution in [3.8, 4) is 21.7 Å². The van der Waals surface area contributed by atoms with Crippen LogP contribution in [0, 0.1) is 13.0 Å². The molecule has 19 heavy (non-hydrogen) atoms. The Balaban J connectivity index is 0.00000133. The van der Waals surface area contributed by atoms with Crippen LogP contribution in [0.4, 0.5) is 0 Å². The van der Waals surface area contributed by atoms with Crippen molar-refractivity contribution in [2.75, 3.05) is 0 Å². The Morgan fingerprint density at radius 2 is 1.95 bits per heavy atom. The predicted molar refractivity (Wildman–Crippen MR) is 75.5 cm³/mol. The van der Waals surface area contributed by atoms with Crippen molar-refractivity contribution < 1.29 is 20.1 Å². The summed E-state index contributed by atoms with van der Waals surface area (Å²) < 4.78 is 1.96. The van der Waals surface area contributed by atoms with Gasteiger partial charge in [0.25, 0.3) is 0 Å². The van der Waals surface area contributed by atoms with Crippen LogP contribution in [0.25, 0.3) is 21.7 Å². The van der Waals surface area contributed by atoms with E-state index in [2.05, 4.69) is 42.2 Å². The molecule has 2 heterocycles. The number of aromatic nitrogens is 2. The molecule has 3 rings (SSSR count). The Hall–Kier alpha value is -1.22. The monoisotopic (exact) mass is 446 g/mol. The van der Waals surface area contributed by atoms with Crippen LogP contribution in [0.2, 0.25) is 0 Å². The van der Waals surface area contributed by atoms with Crippen molar-refractivity contribution in [3.63, 3.8) is 0 Å². The Morgan fingerprint density at radius 1 is 1.21 bits per heavy atom. The van der Waals surface area contributed by atoms with Gasteiger partial charge in [0.15, 0.2) is 0 Å². The van der Waals surface area contributed by atoms with Crippen LogP contribution < -0.4 is 0 Å². The smallest absolute Gasteiger partial charge is 0.0800 e. The van der Waals surface area contributed by atoms with Crippen LogP contribution >= 0.6 is 11.3 Å². The van der Waals surface area contributed by atoms with Crippen LogP contribution in [0.5, 0.6) is 0 Å². The summed E-state index contributed by atoms with van der Waals surface area (Å²) in [5.74, 6) is 0. The molecule has 0 aliphatic heterocycles. The number of benzene rings is 1. The van der Waals surface area contributed by atoms with Crippen LogP contribution in [-0.4, -0.2) is 9.55 Å². The molecule has 0 amide bonds. The van der Waals surface area contributed by atoms with Crippen molar-refractivity contribution in [1.29, 1.82) is 0 Å². The van der Waals surface area contributed by atoms with Gasteiger partial charge in [-0.3, -0.25) is 0 Å². The Labute approximate surface area is 130 Å². The first kappa shape index (κ1) is 14.2. The fraction of sp³-hybridized carbons (Fsp3) is 0.133. The number of hydrogen-bond donors (Lipinski definition) is 0. The summed E-state index contributed by atoms with van der Waals surface area (Å²) in [6.45, 7) is 2.09. The molecule has 0 saturated heterocycles. The predicted octanol–water partition coefficient (Wildman–Crippen LogP) is 3.92. The molecule has 0 atom stereocenters. The van der Waals surface area contributed by atoms with E-state index in [1.807, 2.05) is 30.2 Å². The van der Waals surface area contributed by atoms with Crippen LogP contribution in [0.15, 0.2) is 42.9 Å². The minimum absolute atomic E-state index is 0. The molecule has 0 saturated carbocycles. The molecule has 0 aliphatic carbocycles. The fourth-order valence-corrected chi connectivity index (χ4v) is 2.95. The van der Waals surface area contributed by atoms with Gasteiger partial charge in [-0.15, -0.1) is 5.56 Å². The third-order valence-corrected chi connectivity index (χ3v) is 3.83. The summed E-state index contributed by atoms with van der Waals surface area (Å²) >= 11 is 1.77. The molecule has 4 heteroatoms. The first-order valence-electron chi connectivity index (χ1n) is 5.80. The van der Waals surface area contributed by atoms with Crippen molar-refractivity contribution in [3.05, 3.63) is 53.8 Å². The number of hydrogen-bond acceptors (Lipinski definition) is 2. The van der Waals surface area contributed by atoms with E-state index in [1.54, 1.807) is 11.3 Å². The van der Waals surface area contributed by atoms with Crippen molar-refractivity contribution in [2.45, 2.75) is 6.92 Å². The van der Waals surface area contributed by atoms with Crippen molar-refractivity contribution in [2.24, 2.45) is 7.05 Å². The second kappa shape index (κ2) is 5.83. The van der Waals surface area contributed by atoms with Crippen LogP contribution in [0.3, 0.4) is 0 Å². The van der Waals surface area contributed by atoms with Gasteiger partial charge in [0.1, 0.15) is 0 Å². The van der Waals surface area contributed by atoms with Crippen LogP contribution in [-0.2, 0) is 27.2 Å². The molecule has 1 aromatic carbocycles. The molecular formula is C15H13IrN2S-. The van der Waals surface area contributed by atoms with E-state index in [0.29, 0.717) is 0 Å². The summed E-state index contributed by atoms with van der Waals surface area (Å²) in [7, 11) is 1.98. The normalized spacial score (nSPS) is 10.2. The van der Waals surface area contributed by atoms with E-state index in [9.17, 15) is 0 Å². The summed E-state index contributed by atoms with van der Waals surface area (Å²) in [5.41, 5.74) is 3.32. The second-order valence-corrected chi connectivity index (χ2v) is 5.50. The summed E-state index contributed by atoms with van der Waals surface area (Å²) in [4.78, 5) is 6.86. The van der Waals surface area contributed by atoms with Crippen LogP contribution in [0.1, 0.15) is 4.88 Å². The summed E-state index contributed by atoms with van der Waals surface area (Å²) in [6.07, 6.45) is 3.86. The number of imidazole rings is 1. The zero-order valence-corrected chi connectivity index (χ0v) is 13.9. The molecule has 0 spiro atoms. The molecule has 0 N–H and O–H groups in total. The van der Waals surface area contributed by atoms with Gasteiger partial charge < -0.3 is 9.55 Å².